The molecular weight excluding hydrogens is 296 g/mol. The van der Waals surface area contributed by atoms with E-state index in [1.165, 1.54) is 12.3 Å². The molecule has 0 saturated carbocycles. The zero-order valence-electron chi connectivity index (χ0n) is 12.8. The summed E-state index contributed by atoms with van der Waals surface area (Å²) in [6.45, 7) is 2.39. The molecule has 2 unspecified atom stereocenters. The molecule has 120 valence electrons. The molecule has 1 fully saturated rings. The number of carbonyl (C=O) groups is 2. The first-order chi connectivity index (χ1) is 11.1. The molecule has 1 saturated heterocycles. The Balaban J connectivity index is 1.67. The van der Waals surface area contributed by atoms with Crippen LogP contribution in [0, 0.1) is 0 Å². The van der Waals surface area contributed by atoms with Crippen LogP contribution in [0.2, 0.25) is 0 Å². The molecule has 23 heavy (non-hydrogen) atoms. The number of hydrogen-bond acceptors (Lipinski definition) is 5. The number of benzene rings is 1. The summed E-state index contributed by atoms with van der Waals surface area (Å²) in [6.07, 6.45) is 2.56. The first-order valence-electron chi connectivity index (χ1n) is 7.63. The second-order valence-corrected chi connectivity index (χ2v) is 5.65. The van der Waals surface area contributed by atoms with Gasteiger partial charge in [0.1, 0.15) is 6.10 Å². The molecule has 0 bridgehead atoms. The van der Waals surface area contributed by atoms with E-state index in [0.717, 1.165) is 12.8 Å². The number of likely N-dealkylation sites (tertiary alicyclic amines) is 1. The van der Waals surface area contributed by atoms with Gasteiger partial charge in [0.25, 0.3) is 5.91 Å². The van der Waals surface area contributed by atoms with Gasteiger partial charge in [-0.15, -0.1) is 0 Å². The topological polar surface area (TPSA) is 72.6 Å². The van der Waals surface area contributed by atoms with Crippen molar-refractivity contribution in [1.82, 2.24) is 10.1 Å². The van der Waals surface area contributed by atoms with E-state index in [9.17, 15) is 9.59 Å². The summed E-state index contributed by atoms with van der Waals surface area (Å²) in [5, 5.41) is 3.49. The lowest BCUT2D eigenvalue weighted by atomic mass is 10.00. The van der Waals surface area contributed by atoms with Crippen LogP contribution >= 0.6 is 0 Å². The Morgan fingerprint density at radius 3 is 2.70 bits per heavy atom. The highest BCUT2D eigenvalue weighted by atomic mass is 16.6. The SMILES string of the molecule is CC1CCC(OC(=O)c2ccno2)CN1C(=O)c1ccccc1. The van der Waals surface area contributed by atoms with Gasteiger partial charge in [-0.1, -0.05) is 23.4 Å². The molecule has 1 aliphatic rings. The van der Waals surface area contributed by atoms with Crippen molar-refractivity contribution in [3.8, 4) is 0 Å². The zero-order valence-corrected chi connectivity index (χ0v) is 12.8. The summed E-state index contributed by atoms with van der Waals surface area (Å²) >= 11 is 0. The molecule has 6 nitrogen and oxygen atoms in total. The van der Waals surface area contributed by atoms with Crippen molar-refractivity contribution in [3.05, 3.63) is 53.9 Å². The highest BCUT2D eigenvalue weighted by Crippen LogP contribution is 2.22. The van der Waals surface area contributed by atoms with Crippen LogP contribution in [0.3, 0.4) is 0 Å². The van der Waals surface area contributed by atoms with Crippen LogP contribution < -0.4 is 0 Å². The molecule has 1 aromatic carbocycles. The van der Waals surface area contributed by atoms with Gasteiger partial charge in [-0.2, -0.15) is 0 Å². The number of ether oxygens (including phenoxy) is 1. The molecule has 2 atom stereocenters. The lowest BCUT2D eigenvalue weighted by Crippen LogP contribution is -2.48. The number of amides is 1. The molecule has 2 heterocycles. The minimum absolute atomic E-state index is 0.0430. The van der Waals surface area contributed by atoms with Crippen LogP contribution in [0.1, 0.15) is 40.7 Å². The van der Waals surface area contributed by atoms with Crippen molar-refractivity contribution in [2.45, 2.75) is 31.9 Å². The Morgan fingerprint density at radius 2 is 2.00 bits per heavy atom. The number of aromatic nitrogens is 1. The third kappa shape index (κ3) is 3.41. The third-order valence-electron chi connectivity index (χ3n) is 4.03. The predicted octanol–water partition coefficient (Wildman–Crippen LogP) is 2.52. The average molecular weight is 314 g/mol. The Kier molecular flexibility index (Phi) is 4.41. The van der Waals surface area contributed by atoms with Gasteiger partial charge < -0.3 is 14.2 Å². The summed E-state index contributed by atoms with van der Waals surface area (Å²) in [7, 11) is 0. The lowest BCUT2D eigenvalue weighted by molar-refractivity contribution is -0.00478. The fraction of sp³-hybridized carbons (Fsp3) is 0.353. The van der Waals surface area contributed by atoms with Crippen LogP contribution in [0.25, 0.3) is 0 Å². The zero-order chi connectivity index (χ0) is 16.2. The number of carbonyl (C=O) groups excluding carboxylic acids is 2. The van der Waals surface area contributed by atoms with Crippen LogP contribution in [-0.2, 0) is 4.74 Å². The molecular formula is C17H18N2O4. The molecule has 0 spiro atoms. The maximum atomic E-state index is 12.6. The fourth-order valence-corrected chi connectivity index (χ4v) is 2.73. The largest absolute Gasteiger partial charge is 0.455 e. The third-order valence-corrected chi connectivity index (χ3v) is 4.03. The summed E-state index contributed by atoms with van der Waals surface area (Å²) in [5.74, 6) is -0.516. The Hall–Kier alpha value is -2.63. The Bertz CT molecular complexity index is 669. The van der Waals surface area contributed by atoms with Gasteiger partial charge in [0, 0.05) is 17.7 Å². The van der Waals surface area contributed by atoms with Gasteiger partial charge in [0.2, 0.25) is 5.76 Å². The van der Waals surface area contributed by atoms with Crippen molar-refractivity contribution in [2.24, 2.45) is 0 Å². The number of rotatable bonds is 3. The molecule has 3 rings (SSSR count). The van der Waals surface area contributed by atoms with E-state index in [0.29, 0.717) is 12.1 Å². The average Bonchev–Trinajstić information content (AvgIpc) is 3.11. The monoisotopic (exact) mass is 314 g/mol. The van der Waals surface area contributed by atoms with Gasteiger partial charge in [-0.25, -0.2) is 4.79 Å². The maximum Gasteiger partial charge on any atom is 0.377 e. The summed E-state index contributed by atoms with van der Waals surface area (Å²) in [6, 6.07) is 10.7. The fourth-order valence-electron chi connectivity index (χ4n) is 2.73. The molecule has 1 aliphatic heterocycles. The summed E-state index contributed by atoms with van der Waals surface area (Å²) in [4.78, 5) is 26.3. The summed E-state index contributed by atoms with van der Waals surface area (Å²) in [5.41, 5.74) is 0.640. The quantitative estimate of drug-likeness (QED) is 0.814. The van der Waals surface area contributed by atoms with Crippen LogP contribution in [0.4, 0.5) is 0 Å². The van der Waals surface area contributed by atoms with Gasteiger partial charge in [0.15, 0.2) is 0 Å². The van der Waals surface area contributed by atoms with E-state index < -0.39 is 5.97 Å². The van der Waals surface area contributed by atoms with Crippen LogP contribution in [0.5, 0.6) is 0 Å². The van der Waals surface area contributed by atoms with Gasteiger partial charge in [0.05, 0.1) is 12.7 Å². The highest BCUT2D eigenvalue weighted by Gasteiger charge is 2.32. The predicted molar refractivity (Wildman–Crippen MR) is 81.9 cm³/mol. The second-order valence-electron chi connectivity index (χ2n) is 5.65. The van der Waals surface area contributed by atoms with Crippen LogP contribution in [0.15, 0.2) is 47.1 Å². The maximum absolute atomic E-state index is 12.6. The second kappa shape index (κ2) is 6.64. The number of hydrogen-bond donors (Lipinski definition) is 0. The van der Waals surface area contributed by atoms with Crippen molar-refractivity contribution in [1.29, 1.82) is 0 Å². The number of piperidine rings is 1. The highest BCUT2D eigenvalue weighted by molar-refractivity contribution is 5.94. The van der Waals surface area contributed by atoms with E-state index in [-0.39, 0.29) is 23.8 Å². The van der Waals surface area contributed by atoms with Crippen LogP contribution in [-0.4, -0.2) is 40.6 Å². The van der Waals surface area contributed by atoms with E-state index >= 15 is 0 Å². The number of esters is 1. The van der Waals surface area contributed by atoms with Gasteiger partial charge >= 0.3 is 5.97 Å². The van der Waals surface area contributed by atoms with Crippen molar-refractivity contribution in [3.63, 3.8) is 0 Å². The molecule has 0 aliphatic carbocycles. The Morgan fingerprint density at radius 1 is 1.22 bits per heavy atom. The lowest BCUT2D eigenvalue weighted by Gasteiger charge is -2.37. The minimum Gasteiger partial charge on any atom is -0.455 e. The first-order valence-corrected chi connectivity index (χ1v) is 7.63. The van der Waals surface area contributed by atoms with E-state index in [4.69, 9.17) is 9.26 Å². The van der Waals surface area contributed by atoms with Crippen molar-refractivity contribution < 1.29 is 18.8 Å². The van der Waals surface area contributed by atoms with Gasteiger partial charge in [-0.05, 0) is 31.9 Å². The standard InChI is InChI=1S/C17H18N2O4/c1-12-7-8-14(22-17(21)15-9-10-18-23-15)11-19(12)16(20)13-5-3-2-4-6-13/h2-6,9-10,12,14H,7-8,11H2,1H3. The van der Waals surface area contributed by atoms with E-state index in [1.807, 2.05) is 25.1 Å². The smallest absolute Gasteiger partial charge is 0.377 e. The van der Waals surface area contributed by atoms with E-state index in [1.54, 1.807) is 17.0 Å². The normalized spacial score (nSPS) is 21.0. The first kappa shape index (κ1) is 15.3. The molecule has 1 aromatic heterocycles. The Labute approximate surface area is 134 Å². The molecule has 2 aromatic rings. The molecule has 0 radical (unpaired) electrons. The van der Waals surface area contributed by atoms with E-state index in [2.05, 4.69) is 5.16 Å². The molecule has 1 amide bonds. The number of nitrogens with zero attached hydrogens (tertiary/aromatic N) is 2. The molecule has 0 N–H and O–H groups in total. The molecule has 6 heteroatoms. The van der Waals surface area contributed by atoms with Crippen molar-refractivity contribution in [2.75, 3.05) is 6.54 Å². The van der Waals surface area contributed by atoms with Gasteiger partial charge in [-0.3, -0.25) is 4.79 Å². The summed E-state index contributed by atoms with van der Waals surface area (Å²) < 4.78 is 10.2. The van der Waals surface area contributed by atoms with Crippen molar-refractivity contribution >= 4 is 11.9 Å². The minimum atomic E-state index is -0.547.